The zero-order valence-corrected chi connectivity index (χ0v) is 9.65. The maximum atomic E-state index is 10.7. The van der Waals surface area contributed by atoms with Crippen LogP contribution in [0.4, 0.5) is 5.69 Å². The number of non-ortho nitro benzene ring substituents is 1. The fourth-order valence-corrected chi connectivity index (χ4v) is 1.67. The molecule has 7 nitrogen and oxygen atoms in total. The number of benzene rings is 1. The molecule has 1 N–H and O–H groups in total. The van der Waals surface area contributed by atoms with Gasteiger partial charge in [0.05, 0.1) is 43.0 Å². The number of aliphatic hydroxyl groups excluding tert-OH is 1. The fourth-order valence-electron chi connectivity index (χ4n) is 1.67. The molecule has 0 saturated carbocycles. The quantitative estimate of drug-likeness (QED) is 0.469. The smallest absolute Gasteiger partial charge is 0.271 e. The molecule has 0 amide bonds. The average molecular weight is 251 g/mol. The van der Waals surface area contributed by atoms with Gasteiger partial charge in [-0.15, -0.1) is 0 Å². The van der Waals surface area contributed by atoms with Crippen LogP contribution < -0.4 is 0 Å². The number of nitrogens with zero attached hydrogens (tertiary/aromatic N) is 3. The Balaban J connectivity index is 2.17. The summed E-state index contributed by atoms with van der Waals surface area (Å²) in [6.07, 6.45) is 1.66. The molecule has 7 heteroatoms. The molecule has 1 aromatic heterocycles. The van der Waals surface area contributed by atoms with Crippen molar-refractivity contribution in [3.8, 4) is 0 Å². The van der Waals surface area contributed by atoms with Crippen molar-refractivity contribution in [2.24, 2.45) is 0 Å². The lowest BCUT2D eigenvalue weighted by Gasteiger charge is -2.04. The Hall–Kier alpha value is -1.99. The van der Waals surface area contributed by atoms with E-state index in [0.717, 1.165) is 5.39 Å². The van der Waals surface area contributed by atoms with E-state index in [-0.39, 0.29) is 18.9 Å². The summed E-state index contributed by atoms with van der Waals surface area (Å²) in [5.41, 5.74) is 0.748. The second-order valence-corrected chi connectivity index (χ2v) is 3.70. The van der Waals surface area contributed by atoms with Gasteiger partial charge in [-0.1, -0.05) is 0 Å². The molecule has 0 atom stereocenters. The molecule has 0 bridgehead atoms. The van der Waals surface area contributed by atoms with Crippen molar-refractivity contribution in [2.45, 2.75) is 6.54 Å². The second kappa shape index (κ2) is 5.56. The van der Waals surface area contributed by atoms with E-state index in [0.29, 0.717) is 18.7 Å². The number of ether oxygens (including phenoxy) is 1. The molecule has 0 unspecified atom stereocenters. The largest absolute Gasteiger partial charge is 0.394 e. The van der Waals surface area contributed by atoms with Crippen LogP contribution in [0.5, 0.6) is 0 Å². The summed E-state index contributed by atoms with van der Waals surface area (Å²) in [6, 6.07) is 4.62. The van der Waals surface area contributed by atoms with Crippen LogP contribution in [0.15, 0.2) is 24.4 Å². The molecule has 0 aliphatic carbocycles. The van der Waals surface area contributed by atoms with Gasteiger partial charge in [0.1, 0.15) is 0 Å². The first kappa shape index (κ1) is 12.5. The van der Waals surface area contributed by atoms with Gasteiger partial charge in [-0.2, -0.15) is 5.10 Å². The lowest BCUT2D eigenvalue weighted by Crippen LogP contribution is -2.09. The summed E-state index contributed by atoms with van der Waals surface area (Å²) < 4.78 is 6.79. The van der Waals surface area contributed by atoms with Crippen LogP contribution in [-0.2, 0) is 11.3 Å². The Bertz CT molecular complexity index is 552. The molecule has 0 aliphatic heterocycles. The third kappa shape index (κ3) is 2.63. The predicted molar refractivity (Wildman–Crippen MR) is 64.3 cm³/mol. The molecule has 0 spiro atoms. The van der Waals surface area contributed by atoms with Crippen molar-refractivity contribution in [3.63, 3.8) is 0 Å². The molecule has 1 aromatic carbocycles. The standard InChI is InChI=1S/C11H13N3O4/c15-4-6-18-5-3-13-11-7-10(14(16)17)2-1-9(11)8-12-13/h1-2,7-8,15H,3-6H2. The zero-order valence-electron chi connectivity index (χ0n) is 9.65. The van der Waals surface area contributed by atoms with Gasteiger partial charge >= 0.3 is 0 Å². The Labute approximate surface area is 103 Å². The number of nitro benzene ring substituents is 1. The van der Waals surface area contributed by atoms with Crippen LogP contribution in [0.2, 0.25) is 0 Å². The molecule has 0 radical (unpaired) electrons. The maximum Gasteiger partial charge on any atom is 0.271 e. The highest BCUT2D eigenvalue weighted by Gasteiger charge is 2.09. The molecule has 2 rings (SSSR count). The Morgan fingerprint density at radius 1 is 1.44 bits per heavy atom. The molecule has 0 fully saturated rings. The van der Waals surface area contributed by atoms with Crippen LogP contribution in [0.1, 0.15) is 0 Å². The van der Waals surface area contributed by atoms with Gasteiger partial charge < -0.3 is 9.84 Å². The Morgan fingerprint density at radius 2 is 2.28 bits per heavy atom. The van der Waals surface area contributed by atoms with Crippen molar-refractivity contribution in [1.29, 1.82) is 0 Å². The van der Waals surface area contributed by atoms with Gasteiger partial charge in [-0.25, -0.2) is 0 Å². The number of aromatic nitrogens is 2. The second-order valence-electron chi connectivity index (χ2n) is 3.70. The molecular formula is C11H13N3O4. The van der Waals surface area contributed by atoms with Crippen LogP contribution in [0, 0.1) is 10.1 Å². The highest BCUT2D eigenvalue weighted by atomic mass is 16.6. The molecule has 0 saturated heterocycles. The molecule has 18 heavy (non-hydrogen) atoms. The zero-order chi connectivity index (χ0) is 13.0. The first-order chi connectivity index (χ1) is 8.72. The monoisotopic (exact) mass is 251 g/mol. The number of hydrogen-bond donors (Lipinski definition) is 1. The van der Waals surface area contributed by atoms with E-state index >= 15 is 0 Å². The minimum Gasteiger partial charge on any atom is -0.394 e. The number of hydrogen-bond acceptors (Lipinski definition) is 5. The van der Waals surface area contributed by atoms with Crippen LogP contribution in [-0.4, -0.2) is 39.6 Å². The van der Waals surface area contributed by atoms with Crippen molar-refractivity contribution in [2.75, 3.05) is 19.8 Å². The van der Waals surface area contributed by atoms with E-state index in [1.54, 1.807) is 16.9 Å². The normalized spacial score (nSPS) is 10.9. The average Bonchev–Trinajstić information content (AvgIpc) is 2.77. The van der Waals surface area contributed by atoms with Gasteiger partial charge in [0.2, 0.25) is 0 Å². The SMILES string of the molecule is O=[N+]([O-])c1ccc2cnn(CCOCCO)c2c1. The summed E-state index contributed by atoms with van der Waals surface area (Å²) in [4.78, 5) is 10.3. The highest BCUT2D eigenvalue weighted by molar-refractivity contribution is 5.80. The van der Waals surface area contributed by atoms with Crippen LogP contribution in [0.25, 0.3) is 10.9 Å². The summed E-state index contributed by atoms with van der Waals surface area (Å²) >= 11 is 0. The Morgan fingerprint density at radius 3 is 3.00 bits per heavy atom. The summed E-state index contributed by atoms with van der Waals surface area (Å²) in [7, 11) is 0. The molecule has 1 heterocycles. The third-order valence-corrected chi connectivity index (χ3v) is 2.52. The molecule has 96 valence electrons. The Kier molecular flexibility index (Phi) is 3.85. The van der Waals surface area contributed by atoms with E-state index in [9.17, 15) is 10.1 Å². The summed E-state index contributed by atoms with van der Waals surface area (Å²) in [5, 5.41) is 24.3. The van der Waals surface area contributed by atoms with E-state index < -0.39 is 4.92 Å². The van der Waals surface area contributed by atoms with Crippen molar-refractivity contribution in [3.05, 3.63) is 34.5 Å². The topological polar surface area (TPSA) is 90.4 Å². The van der Waals surface area contributed by atoms with Gasteiger partial charge in [-0.3, -0.25) is 14.8 Å². The van der Waals surface area contributed by atoms with Gasteiger partial charge in [0.15, 0.2) is 0 Å². The molecule has 2 aromatic rings. The van der Waals surface area contributed by atoms with Crippen LogP contribution >= 0.6 is 0 Å². The minimum absolute atomic E-state index is 0.0225. The van der Waals surface area contributed by atoms with Crippen LogP contribution in [0.3, 0.4) is 0 Å². The lowest BCUT2D eigenvalue weighted by molar-refractivity contribution is -0.384. The molecule has 0 aliphatic rings. The number of rotatable bonds is 6. The fraction of sp³-hybridized carbons (Fsp3) is 0.364. The summed E-state index contributed by atoms with van der Waals surface area (Å²) in [6.45, 7) is 1.15. The number of nitro groups is 1. The number of aliphatic hydroxyl groups is 1. The van der Waals surface area contributed by atoms with E-state index in [1.807, 2.05) is 0 Å². The van der Waals surface area contributed by atoms with E-state index in [2.05, 4.69) is 5.10 Å². The first-order valence-electron chi connectivity index (χ1n) is 5.51. The van der Waals surface area contributed by atoms with Gasteiger partial charge in [-0.05, 0) is 6.07 Å². The molecular weight excluding hydrogens is 238 g/mol. The summed E-state index contributed by atoms with van der Waals surface area (Å²) in [5.74, 6) is 0. The minimum atomic E-state index is -0.432. The first-order valence-corrected chi connectivity index (χ1v) is 5.51. The van der Waals surface area contributed by atoms with Gasteiger partial charge in [0.25, 0.3) is 5.69 Å². The van der Waals surface area contributed by atoms with E-state index in [4.69, 9.17) is 9.84 Å². The van der Waals surface area contributed by atoms with Crippen molar-refractivity contribution >= 4 is 16.6 Å². The van der Waals surface area contributed by atoms with E-state index in [1.165, 1.54) is 12.1 Å². The van der Waals surface area contributed by atoms with Crippen molar-refractivity contribution in [1.82, 2.24) is 9.78 Å². The number of fused-ring (bicyclic) bond motifs is 1. The maximum absolute atomic E-state index is 10.7. The third-order valence-electron chi connectivity index (χ3n) is 2.52. The van der Waals surface area contributed by atoms with Crippen molar-refractivity contribution < 1.29 is 14.8 Å². The predicted octanol–water partition coefficient (Wildman–Crippen LogP) is 0.953. The highest BCUT2D eigenvalue weighted by Crippen LogP contribution is 2.20. The van der Waals surface area contributed by atoms with Gasteiger partial charge in [0, 0.05) is 17.5 Å². The lowest BCUT2D eigenvalue weighted by atomic mass is 10.2.